The largest absolute Gasteiger partial charge is 0.491 e. The van der Waals surface area contributed by atoms with Crippen LogP contribution >= 0.6 is 0 Å². The molecule has 1 saturated heterocycles. The first-order chi connectivity index (χ1) is 14.9. The quantitative estimate of drug-likeness (QED) is 0.636. The molecule has 6 nitrogen and oxygen atoms in total. The SMILES string of the molecule is CCCN=C1C/C(=C/c2ccc(OCC(O)CO)c(C)c2)C(=O)N1c1ccccc1C. The first kappa shape index (κ1) is 22.7. The van der Waals surface area contributed by atoms with Gasteiger partial charge in [0.25, 0.3) is 5.91 Å². The van der Waals surface area contributed by atoms with E-state index in [-0.39, 0.29) is 19.1 Å². The summed E-state index contributed by atoms with van der Waals surface area (Å²) in [6.45, 7) is 6.35. The molecule has 0 aromatic heterocycles. The van der Waals surface area contributed by atoms with Gasteiger partial charge in [-0.3, -0.25) is 14.7 Å². The number of carbonyl (C=O) groups excluding carboxylic acids is 1. The van der Waals surface area contributed by atoms with E-state index in [1.165, 1.54) is 0 Å². The van der Waals surface area contributed by atoms with E-state index < -0.39 is 6.10 Å². The van der Waals surface area contributed by atoms with Crippen molar-refractivity contribution in [3.8, 4) is 5.75 Å². The monoisotopic (exact) mass is 422 g/mol. The number of benzene rings is 2. The molecule has 3 rings (SSSR count). The maximum Gasteiger partial charge on any atom is 0.260 e. The fourth-order valence-electron chi connectivity index (χ4n) is 3.49. The van der Waals surface area contributed by atoms with E-state index in [1.54, 1.807) is 4.90 Å². The standard InChI is InChI=1S/C25H30N2O4/c1-4-11-26-24-14-20(25(30)27(24)22-8-6-5-7-17(22)2)13-19-9-10-23(18(3)12-19)31-16-21(29)15-28/h5-10,12-13,21,28-29H,4,11,14-16H2,1-3H3/b20-13-,26-24?. The number of ether oxygens (including phenoxy) is 1. The van der Waals surface area contributed by atoms with Crippen molar-refractivity contribution in [2.75, 3.05) is 24.7 Å². The number of para-hydroxylation sites is 1. The fourth-order valence-corrected chi connectivity index (χ4v) is 3.49. The minimum absolute atomic E-state index is 0.0267. The van der Waals surface area contributed by atoms with Crippen molar-refractivity contribution in [1.29, 1.82) is 0 Å². The van der Waals surface area contributed by atoms with E-state index in [9.17, 15) is 9.90 Å². The molecule has 1 atom stereocenters. The van der Waals surface area contributed by atoms with Crippen LogP contribution in [0.4, 0.5) is 5.69 Å². The molecule has 1 amide bonds. The van der Waals surface area contributed by atoms with Crippen LogP contribution < -0.4 is 9.64 Å². The third-order valence-electron chi connectivity index (χ3n) is 5.14. The number of nitrogens with zero attached hydrogens (tertiary/aromatic N) is 2. The van der Waals surface area contributed by atoms with Crippen molar-refractivity contribution in [3.05, 3.63) is 64.7 Å². The molecule has 2 aromatic carbocycles. The smallest absolute Gasteiger partial charge is 0.260 e. The number of aliphatic hydroxyl groups is 2. The summed E-state index contributed by atoms with van der Waals surface area (Å²) in [5, 5.41) is 18.4. The van der Waals surface area contributed by atoms with E-state index in [2.05, 4.69) is 11.9 Å². The number of rotatable bonds is 8. The van der Waals surface area contributed by atoms with Crippen LogP contribution in [-0.2, 0) is 4.79 Å². The summed E-state index contributed by atoms with van der Waals surface area (Å²) in [6, 6.07) is 13.5. The number of hydrogen-bond donors (Lipinski definition) is 2. The van der Waals surface area contributed by atoms with Crippen LogP contribution in [-0.4, -0.2) is 47.8 Å². The normalized spacial score (nSPS) is 17.6. The number of carbonyl (C=O) groups is 1. The second kappa shape index (κ2) is 10.4. The zero-order valence-corrected chi connectivity index (χ0v) is 18.3. The molecule has 1 heterocycles. The highest BCUT2D eigenvalue weighted by Gasteiger charge is 2.33. The van der Waals surface area contributed by atoms with Crippen molar-refractivity contribution in [2.24, 2.45) is 4.99 Å². The van der Waals surface area contributed by atoms with E-state index in [4.69, 9.17) is 9.84 Å². The maximum absolute atomic E-state index is 13.3. The average molecular weight is 423 g/mol. The second-order valence-corrected chi connectivity index (χ2v) is 7.74. The highest BCUT2D eigenvalue weighted by atomic mass is 16.5. The molecule has 164 valence electrons. The van der Waals surface area contributed by atoms with E-state index >= 15 is 0 Å². The Balaban J connectivity index is 1.88. The summed E-state index contributed by atoms with van der Waals surface area (Å²) in [7, 11) is 0. The Bertz CT molecular complexity index is 997. The Hall–Kier alpha value is -2.96. The molecule has 2 aromatic rings. The van der Waals surface area contributed by atoms with Gasteiger partial charge in [-0.2, -0.15) is 0 Å². The van der Waals surface area contributed by atoms with Crippen molar-refractivity contribution in [1.82, 2.24) is 0 Å². The number of hydrogen-bond acceptors (Lipinski definition) is 5. The van der Waals surface area contributed by atoms with Crippen LogP contribution in [0.15, 0.2) is 53.0 Å². The molecule has 0 saturated carbocycles. The highest BCUT2D eigenvalue weighted by molar-refractivity contribution is 6.31. The number of anilines is 1. The van der Waals surface area contributed by atoms with Gasteiger partial charge >= 0.3 is 0 Å². The topological polar surface area (TPSA) is 82.4 Å². The van der Waals surface area contributed by atoms with E-state index in [0.717, 1.165) is 34.6 Å². The van der Waals surface area contributed by atoms with Gasteiger partial charge in [-0.15, -0.1) is 0 Å². The van der Waals surface area contributed by atoms with Crippen molar-refractivity contribution < 1.29 is 19.7 Å². The van der Waals surface area contributed by atoms with Crippen molar-refractivity contribution >= 4 is 23.5 Å². The predicted octanol–water partition coefficient (Wildman–Crippen LogP) is 3.66. The molecular weight excluding hydrogens is 392 g/mol. The van der Waals surface area contributed by atoms with Gasteiger partial charge in [0.05, 0.1) is 12.3 Å². The summed E-state index contributed by atoms with van der Waals surface area (Å²) in [5.41, 5.74) is 4.39. The lowest BCUT2D eigenvalue weighted by Crippen LogP contribution is -2.30. The Kier molecular flexibility index (Phi) is 7.60. The van der Waals surface area contributed by atoms with Crippen LogP contribution in [0, 0.1) is 13.8 Å². The molecule has 1 fully saturated rings. The fraction of sp³-hybridized carbons (Fsp3) is 0.360. The Morgan fingerprint density at radius 1 is 1.19 bits per heavy atom. The van der Waals surface area contributed by atoms with Crippen LogP contribution in [0.5, 0.6) is 5.75 Å². The molecule has 0 spiro atoms. The number of amidine groups is 1. The lowest BCUT2D eigenvalue weighted by atomic mass is 10.1. The van der Waals surface area contributed by atoms with Gasteiger partial charge in [-0.05, 0) is 61.2 Å². The molecule has 1 aliphatic rings. The van der Waals surface area contributed by atoms with Crippen LogP contribution in [0.25, 0.3) is 6.08 Å². The summed E-state index contributed by atoms with van der Waals surface area (Å²) in [4.78, 5) is 19.7. The second-order valence-electron chi connectivity index (χ2n) is 7.74. The number of aliphatic hydroxyl groups excluding tert-OH is 2. The predicted molar refractivity (Wildman–Crippen MR) is 124 cm³/mol. The van der Waals surface area contributed by atoms with Gasteiger partial charge in [0.1, 0.15) is 24.3 Å². The van der Waals surface area contributed by atoms with Crippen molar-refractivity contribution in [3.63, 3.8) is 0 Å². The highest BCUT2D eigenvalue weighted by Crippen LogP contribution is 2.31. The van der Waals surface area contributed by atoms with Gasteiger partial charge < -0.3 is 14.9 Å². The van der Waals surface area contributed by atoms with Crippen LogP contribution in [0.1, 0.15) is 36.5 Å². The molecular formula is C25H30N2O4. The first-order valence-electron chi connectivity index (χ1n) is 10.6. The molecule has 6 heteroatoms. The third-order valence-corrected chi connectivity index (χ3v) is 5.14. The molecule has 0 bridgehead atoms. The van der Waals surface area contributed by atoms with Crippen LogP contribution in [0.2, 0.25) is 0 Å². The zero-order chi connectivity index (χ0) is 22.4. The minimum Gasteiger partial charge on any atom is -0.491 e. The molecule has 0 radical (unpaired) electrons. The summed E-state index contributed by atoms with van der Waals surface area (Å²) >= 11 is 0. The van der Waals surface area contributed by atoms with E-state index in [1.807, 2.05) is 62.4 Å². The number of amides is 1. The molecule has 0 aliphatic carbocycles. The van der Waals surface area contributed by atoms with Gasteiger partial charge in [-0.25, -0.2) is 0 Å². The third kappa shape index (κ3) is 5.40. The van der Waals surface area contributed by atoms with Gasteiger partial charge in [-0.1, -0.05) is 31.2 Å². The maximum atomic E-state index is 13.3. The summed E-state index contributed by atoms with van der Waals surface area (Å²) in [6.07, 6.45) is 2.41. The van der Waals surface area contributed by atoms with Crippen LogP contribution in [0.3, 0.4) is 0 Å². The van der Waals surface area contributed by atoms with Crippen molar-refractivity contribution in [2.45, 2.75) is 39.7 Å². The molecule has 1 unspecified atom stereocenters. The lowest BCUT2D eigenvalue weighted by molar-refractivity contribution is -0.113. The van der Waals surface area contributed by atoms with E-state index in [0.29, 0.717) is 24.3 Å². The van der Waals surface area contributed by atoms with Gasteiger partial charge in [0, 0.05) is 18.5 Å². The Labute approximate surface area is 183 Å². The lowest BCUT2D eigenvalue weighted by Gasteiger charge is -2.19. The minimum atomic E-state index is -0.912. The molecule has 2 N–H and O–H groups in total. The Morgan fingerprint density at radius 2 is 1.97 bits per heavy atom. The number of aliphatic imine (C=N–C) groups is 1. The van der Waals surface area contributed by atoms with Gasteiger partial charge in [0.15, 0.2) is 0 Å². The summed E-state index contributed by atoms with van der Waals surface area (Å²) in [5.74, 6) is 1.37. The Morgan fingerprint density at radius 3 is 2.65 bits per heavy atom. The first-order valence-corrected chi connectivity index (χ1v) is 10.6. The number of aryl methyl sites for hydroxylation is 2. The van der Waals surface area contributed by atoms with Gasteiger partial charge in [0.2, 0.25) is 0 Å². The zero-order valence-electron chi connectivity index (χ0n) is 18.3. The average Bonchev–Trinajstić information content (AvgIpc) is 3.06. The molecule has 1 aliphatic heterocycles. The summed E-state index contributed by atoms with van der Waals surface area (Å²) < 4.78 is 5.56. The molecule has 31 heavy (non-hydrogen) atoms.